The normalized spacial score (nSPS) is 15.2. The van der Waals surface area contributed by atoms with E-state index in [4.69, 9.17) is 36.5 Å². The number of aryl methyl sites for hydroxylation is 1. The third-order valence-corrected chi connectivity index (χ3v) is 6.52. The van der Waals surface area contributed by atoms with Gasteiger partial charge in [0.15, 0.2) is 5.82 Å². The average molecular weight is 541 g/mol. The highest BCUT2D eigenvalue weighted by molar-refractivity contribution is 6.30. The minimum absolute atomic E-state index is 0.159. The van der Waals surface area contributed by atoms with Crippen molar-refractivity contribution in [3.63, 3.8) is 0 Å². The highest BCUT2D eigenvalue weighted by Gasteiger charge is 2.34. The number of hydrogen-bond donors (Lipinski definition) is 2. The van der Waals surface area contributed by atoms with Gasteiger partial charge in [-0.25, -0.2) is 0 Å². The molecule has 0 bridgehead atoms. The summed E-state index contributed by atoms with van der Waals surface area (Å²) in [4.78, 5) is 18.4. The first kappa shape index (κ1) is 27.7. The predicted molar refractivity (Wildman–Crippen MR) is 145 cm³/mol. The Hall–Kier alpha value is -3.31. The molecule has 38 heavy (non-hydrogen) atoms. The SMILES string of the molecule is COc1ccc2c(c1)C(c1ccc(Cl)cc1)=N[C@@H]([C@@H](C)C(=O)NCCOCCOCCN)c1nnc(C)n1-2. The van der Waals surface area contributed by atoms with Crippen molar-refractivity contribution in [3.05, 3.63) is 70.3 Å². The standard InChI is InChI=1S/C27H33ClN6O4/c1-17(27(35)30-11-13-38-15-14-37-12-10-29)24-26-33-32-18(2)34(26)23-9-8-21(36-3)16-22(23)25(31-24)19-4-6-20(28)7-5-19/h4-9,16-17,24H,10-15,29H2,1-3H3,(H,30,35)/t17-,24+/m1/s1. The van der Waals surface area contributed by atoms with Crippen LogP contribution in [0.15, 0.2) is 47.5 Å². The van der Waals surface area contributed by atoms with E-state index in [1.165, 1.54) is 0 Å². The first-order valence-electron chi connectivity index (χ1n) is 12.5. The molecule has 4 rings (SSSR count). The van der Waals surface area contributed by atoms with E-state index in [-0.39, 0.29) is 5.91 Å². The average Bonchev–Trinajstić information content (AvgIpc) is 3.24. The molecule has 1 aromatic heterocycles. The van der Waals surface area contributed by atoms with Crippen LogP contribution in [0.25, 0.3) is 5.69 Å². The van der Waals surface area contributed by atoms with Crippen LogP contribution in [-0.4, -0.2) is 73.0 Å². The van der Waals surface area contributed by atoms with Gasteiger partial charge in [0.25, 0.3) is 0 Å². The molecule has 0 fully saturated rings. The Morgan fingerprint density at radius 2 is 1.84 bits per heavy atom. The quantitative estimate of drug-likeness (QED) is 0.338. The molecule has 1 aliphatic rings. The topological polar surface area (TPSA) is 126 Å². The van der Waals surface area contributed by atoms with Gasteiger partial charge in [-0.2, -0.15) is 0 Å². The lowest BCUT2D eigenvalue weighted by Crippen LogP contribution is -2.35. The Balaban J connectivity index is 1.63. The number of nitrogens with zero attached hydrogens (tertiary/aromatic N) is 4. The van der Waals surface area contributed by atoms with Crippen molar-refractivity contribution in [1.29, 1.82) is 0 Å². The van der Waals surface area contributed by atoms with Crippen LogP contribution >= 0.6 is 11.6 Å². The number of hydrogen-bond acceptors (Lipinski definition) is 8. The van der Waals surface area contributed by atoms with Gasteiger partial charge >= 0.3 is 0 Å². The summed E-state index contributed by atoms with van der Waals surface area (Å²) in [6.45, 7) is 6.34. The zero-order chi connectivity index (χ0) is 27.1. The highest BCUT2D eigenvalue weighted by atomic mass is 35.5. The zero-order valence-corrected chi connectivity index (χ0v) is 22.6. The minimum Gasteiger partial charge on any atom is -0.497 e. The monoisotopic (exact) mass is 540 g/mol. The van der Waals surface area contributed by atoms with Crippen LogP contribution < -0.4 is 15.8 Å². The second-order valence-electron chi connectivity index (χ2n) is 8.85. The number of nitrogens with one attached hydrogen (secondary N) is 1. The number of ether oxygens (including phenoxy) is 3. The van der Waals surface area contributed by atoms with E-state index in [1.54, 1.807) is 7.11 Å². The number of fused-ring (bicyclic) bond motifs is 3. The molecule has 10 nitrogen and oxygen atoms in total. The first-order valence-corrected chi connectivity index (χ1v) is 12.9. The molecule has 0 aliphatic carbocycles. The minimum atomic E-state index is -0.592. The van der Waals surface area contributed by atoms with Gasteiger partial charge in [0.05, 0.1) is 50.9 Å². The van der Waals surface area contributed by atoms with Crippen LogP contribution in [0.2, 0.25) is 5.02 Å². The smallest absolute Gasteiger partial charge is 0.225 e. The molecule has 2 aromatic carbocycles. The predicted octanol–water partition coefficient (Wildman–Crippen LogP) is 2.87. The number of aromatic nitrogens is 3. The zero-order valence-electron chi connectivity index (χ0n) is 21.8. The maximum atomic E-state index is 13.2. The third-order valence-electron chi connectivity index (χ3n) is 6.27. The van der Waals surface area contributed by atoms with Crippen molar-refractivity contribution in [2.75, 3.05) is 46.6 Å². The molecule has 2 heterocycles. The molecule has 0 spiro atoms. The largest absolute Gasteiger partial charge is 0.497 e. The van der Waals surface area contributed by atoms with Gasteiger partial charge < -0.3 is 25.3 Å². The van der Waals surface area contributed by atoms with Gasteiger partial charge in [0, 0.05) is 29.2 Å². The van der Waals surface area contributed by atoms with Crippen LogP contribution in [0.1, 0.15) is 35.7 Å². The highest BCUT2D eigenvalue weighted by Crippen LogP contribution is 2.36. The van der Waals surface area contributed by atoms with Crippen molar-refractivity contribution in [2.24, 2.45) is 16.6 Å². The number of rotatable bonds is 12. The van der Waals surface area contributed by atoms with Crippen LogP contribution in [0, 0.1) is 12.8 Å². The molecular weight excluding hydrogens is 508 g/mol. The maximum absolute atomic E-state index is 13.2. The molecule has 1 aliphatic heterocycles. The van der Waals surface area contributed by atoms with Gasteiger partial charge in [-0.3, -0.25) is 14.4 Å². The summed E-state index contributed by atoms with van der Waals surface area (Å²) in [6, 6.07) is 12.7. The van der Waals surface area contributed by atoms with E-state index in [1.807, 2.05) is 60.9 Å². The van der Waals surface area contributed by atoms with E-state index in [0.29, 0.717) is 67.6 Å². The molecule has 11 heteroatoms. The Bertz CT molecular complexity index is 1280. The number of amides is 1. The fraction of sp³-hybridized carbons (Fsp3) is 0.407. The Morgan fingerprint density at radius 3 is 2.55 bits per heavy atom. The van der Waals surface area contributed by atoms with Crippen molar-refractivity contribution in [1.82, 2.24) is 20.1 Å². The molecule has 2 atom stereocenters. The lowest BCUT2D eigenvalue weighted by molar-refractivity contribution is -0.125. The van der Waals surface area contributed by atoms with Crippen molar-refractivity contribution >= 4 is 23.2 Å². The molecule has 0 radical (unpaired) electrons. The molecule has 3 aromatic rings. The molecule has 0 saturated heterocycles. The lowest BCUT2D eigenvalue weighted by Gasteiger charge is -2.19. The van der Waals surface area contributed by atoms with Gasteiger partial charge in [-0.15, -0.1) is 10.2 Å². The van der Waals surface area contributed by atoms with Crippen molar-refractivity contribution in [3.8, 4) is 11.4 Å². The summed E-state index contributed by atoms with van der Waals surface area (Å²) in [7, 11) is 1.62. The Labute approximate surface area is 227 Å². The van der Waals surface area contributed by atoms with E-state index in [9.17, 15) is 4.79 Å². The van der Waals surface area contributed by atoms with E-state index >= 15 is 0 Å². The summed E-state index contributed by atoms with van der Waals surface area (Å²) < 4.78 is 18.3. The summed E-state index contributed by atoms with van der Waals surface area (Å²) in [5, 5.41) is 12.4. The van der Waals surface area contributed by atoms with Crippen LogP contribution in [0.3, 0.4) is 0 Å². The lowest BCUT2D eigenvalue weighted by atomic mass is 9.98. The van der Waals surface area contributed by atoms with Crippen molar-refractivity contribution in [2.45, 2.75) is 19.9 Å². The fourth-order valence-electron chi connectivity index (χ4n) is 4.29. The van der Waals surface area contributed by atoms with E-state index in [2.05, 4.69) is 15.5 Å². The van der Waals surface area contributed by atoms with Crippen LogP contribution in [0.5, 0.6) is 5.75 Å². The Morgan fingerprint density at radius 1 is 1.11 bits per heavy atom. The number of carbonyl (C=O) groups is 1. The van der Waals surface area contributed by atoms with Gasteiger partial charge in [-0.05, 0) is 37.3 Å². The van der Waals surface area contributed by atoms with E-state index in [0.717, 1.165) is 16.8 Å². The number of aliphatic imine (C=N–C) groups is 1. The van der Waals surface area contributed by atoms with Gasteiger partial charge in [-0.1, -0.05) is 30.7 Å². The maximum Gasteiger partial charge on any atom is 0.225 e. The summed E-state index contributed by atoms with van der Waals surface area (Å²) in [5.74, 6) is 1.28. The third kappa shape index (κ3) is 6.21. The second-order valence-corrected chi connectivity index (χ2v) is 9.28. The summed E-state index contributed by atoms with van der Waals surface area (Å²) in [6.07, 6.45) is 0. The molecular formula is C27H33ClN6O4. The second kappa shape index (κ2) is 13.0. The molecule has 0 saturated carbocycles. The van der Waals surface area contributed by atoms with E-state index < -0.39 is 12.0 Å². The first-order chi connectivity index (χ1) is 18.4. The molecule has 3 N–H and O–H groups in total. The van der Waals surface area contributed by atoms with Gasteiger partial charge in [0.1, 0.15) is 17.6 Å². The van der Waals surface area contributed by atoms with Gasteiger partial charge in [0.2, 0.25) is 5.91 Å². The molecule has 1 amide bonds. The number of nitrogens with two attached hydrogens (primary N) is 1. The van der Waals surface area contributed by atoms with Crippen molar-refractivity contribution < 1.29 is 19.0 Å². The number of benzene rings is 2. The Kier molecular flexibility index (Phi) is 9.46. The number of halogens is 1. The summed E-state index contributed by atoms with van der Waals surface area (Å²) >= 11 is 6.17. The van der Waals surface area contributed by atoms with Crippen LogP contribution in [0.4, 0.5) is 0 Å². The number of carbonyl (C=O) groups excluding carboxylic acids is 1. The van der Waals surface area contributed by atoms with Crippen LogP contribution in [-0.2, 0) is 14.3 Å². The molecule has 202 valence electrons. The molecule has 0 unspecified atom stereocenters. The fourth-order valence-corrected chi connectivity index (χ4v) is 4.42. The summed E-state index contributed by atoms with van der Waals surface area (Å²) in [5.41, 5.74) is 8.68. The number of methoxy groups -OCH3 is 1.